The molecule has 0 aliphatic carbocycles. The van der Waals surface area contributed by atoms with Crippen LogP contribution in [0.25, 0.3) is 0 Å². The lowest BCUT2D eigenvalue weighted by Gasteiger charge is -2.32. The molecule has 0 radical (unpaired) electrons. The maximum absolute atomic E-state index is 13.0. The number of imide groups is 1. The number of likely N-dealkylation sites (N-methyl/N-ethyl adjacent to an activating group) is 1. The summed E-state index contributed by atoms with van der Waals surface area (Å²) in [6.07, 6.45) is 0.771. The van der Waals surface area contributed by atoms with Crippen molar-refractivity contribution in [3.8, 4) is 0 Å². The first-order chi connectivity index (χ1) is 9.41. The summed E-state index contributed by atoms with van der Waals surface area (Å²) in [4.78, 5) is 28.6. The van der Waals surface area contributed by atoms with Crippen molar-refractivity contribution in [2.75, 3.05) is 20.1 Å². The summed E-state index contributed by atoms with van der Waals surface area (Å²) in [5.41, 5.74) is 1.43. The summed E-state index contributed by atoms with van der Waals surface area (Å²) in [6, 6.07) is -0.192. The van der Waals surface area contributed by atoms with E-state index in [1.165, 1.54) is 4.90 Å². The fourth-order valence-corrected chi connectivity index (χ4v) is 2.75. The summed E-state index contributed by atoms with van der Waals surface area (Å²) in [5.74, 6) is -0.122. The topological polar surface area (TPSA) is 40.6 Å². The average molecular weight is 294 g/mol. The van der Waals surface area contributed by atoms with Crippen molar-refractivity contribution >= 4 is 11.9 Å². The first-order valence-electron chi connectivity index (χ1n) is 7.72. The smallest absolute Gasteiger partial charge is 0.323 e. The minimum absolute atomic E-state index is 0.122. The molecule has 4 nitrogen and oxygen atoms in total. The quantitative estimate of drug-likeness (QED) is 0.779. The fourth-order valence-electron chi connectivity index (χ4n) is 2.75. The Balaban J connectivity index is 3.55. The van der Waals surface area contributed by atoms with Gasteiger partial charge in [0.15, 0.2) is 0 Å². The minimum Gasteiger partial charge on any atom is -0.323 e. The van der Waals surface area contributed by atoms with Crippen molar-refractivity contribution in [2.24, 2.45) is 10.8 Å². The SMILES string of the molecule is CCCN1C(=O)C(C(C)(C)C)=C(C(C)(C)C)CN(C)C1=O. The minimum atomic E-state index is -0.281. The van der Waals surface area contributed by atoms with E-state index in [1.807, 2.05) is 27.7 Å². The number of hydrogen-bond donors (Lipinski definition) is 0. The van der Waals surface area contributed by atoms with E-state index in [-0.39, 0.29) is 22.8 Å². The van der Waals surface area contributed by atoms with Gasteiger partial charge in [0.05, 0.1) is 0 Å². The highest BCUT2D eigenvalue weighted by Gasteiger charge is 2.40. The van der Waals surface area contributed by atoms with Gasteiger partial charge in [-0.25, -0.2) is 4.79 Å². The molecule has 0 N–H and O–H groups in total. The third-order valence-corrected chi connectivity index (χ3v) is 3.82. The van der Waals surface area contributed by atoms with Crippen molar-refractivity contribution in [3.63, 3.8) is 0 Å². The molecular weight excluding hydrogens is 264 g/mol. The molecule has 0 saturated carbocycles. The Morgan fingerprint density at radius 3 is 1.90 bits per heavy atom. The maximum Gasteiger partial charge on any atom is 0.326 e. The van der Waals surface area contributed by atoms with Gasteiger partial charge in [0.1, 0.15) is 0 Å². The van der Waals surface area contributed by atoms with Crippen LogP contribution in [-0.4, -0.2) is 41.9 Å². The summed E-state index contributed by atoms with van der Waals surface area (Å²) in [5, 5.41) is 0. The molecule has 1 aliphatic rings. The van der Waals surface area contributed by atoms with Gasteiger partial charge in [-0.05, 0) is 22.8 Å². The van der Waals surface area contributed by atoms with E-state index in [4.69, 9.17) is 0 Å². The summed E-state index contributed by atoms with van der Waals surface area (Å²) in [7, 11) is 1.77. The Morgan fingerprint density at radius 1 is 1.00 bits per heavy atom. The number of hydrogen-bond acceptors (Lipinski definition) is 2. The highest BCUT2D eigenvalue weighted by atomic mass is 16.2. The molecule has 4 heteroatoms. The van der Waals surface area contributed by atoms with Crippen molar-refractivity contribution in [3.05, 3.63) is 11.1 Å². The lowest BCUT2D eigenvalue weighted by molar-refractivity contribution is -0.125. The van der Waals surface area contributed by atoms with Crippen LogP contribution in [0.3, 0.4) is 0 Å². The molecule has 0 saturated heterocycles. The Labute approximate surface area is 129 Å². The molecule has 0 aromatic heterocycles. The van der Waals surface area contributed by atoms with Crippen molar-refractivity contribution in [1.29, 1.82) is 0 Å². The molecule has 0 unspecified atom stereocenters. The van der Waals surface area contributed by atoms with Crippen LogP contribution in [0.4, 0.5) is 4.79 Å². The zero-order valence-electron chi connectivity index (χ0n) is 14.8. The van der Waals surface area contributed by atoms with Crippen LogP contribution in [0, 0.1) is 10.8 Å². The van der Waals surface area contributed by atoms with Gasteiger partial charge in [-0.2, -0.15) is 0 Å². The van der Waals surface area contributed by atoms with E-state index < -0.39 is 0 Å². The van der Waals surface area contributed by atoms with Gasteiger partial charge in [-0.15, -0.1) is 0 Å². The Morgan fingerprint density at radius 2 is 1.52 bits per heavy atom. The zero-order chi connectivity index (χ0) is 16.6. The van der Waals surface area contributed by atoms with Crippen LogP contribution < -0.4 is 0 Å². The van der Waals surface area contributed by atoms with Crippen LogP contribution >= 0.6 is 0 Å². The lowest BCUT2D eigenvalue weighted by Crippen LogP contribution is -2.44. The molecule has 1 aliphatic heterocycles. The second kappa shape index (κ2) is 5.82. The number of carbonyl (C=O) groups is 2. The first-order valence-corrected chi connectivity index (χ1v) is 7.72. The van der Waals surface area contributed by atoms with Crippen LogP contribution in [0.1, 0.15) is 54.9 Å². The molecule has 21 heavy (non-hydrogen) atoms. The maximum atomic E-state index is 13.0. The number of urea groups is 1. The molecule has 0 atom stereocenters. The van der Waals surface area contributed by atoms with Crippen LogP contribution in [0.15, 0.2) is 11.1 Å². The van der Waals surface area contributed by atoms with E-state index in [0.29, 0.717) is 13.1 Å². The van der Waals surface area contributed by atoms with Gasteiger partial charge in [0.25, 0.3) is 5.91 Å². The van der Waals surface area contributed by atoms with E-state index in [2.05, 4.69) is 20.8 Å². The van der Waals surface area contributed by atoms with Gasteiger partial charge in [-0.1, -0.05) is 48.5 Å². The van der Waals surface area contributed by atoms with Crippen molar-refractivity contribution in [2.45, 2.75) is 54.9 Å². The van der Waals surface area contributed by atoms with E-state index in [0.717, 1.165) is 17.6 Å². The first kappa shape index (κ1) is 17.7. The van der Waals surface area contributed by atoms with E-state index in [9.17, 15) is 9.59 Å². The number of amides is 3. The standard InChI is InChI=1S/C17H30N2O2/c1-9-10-19-14(20)13(17(5,6)7)12(16(2,3)4)11-18(8)15(19)21/h9-11H2,1-8H3. The van der Waals surface area contributed by atoms with Crippen molar-refractivity contribution in [1.82, 2.24) is 9.80 Å². The Kier molecular flexibility index (Phi) is 4.91. The van der Waals surface area contributed by atoms with Crippen molar-refractivity contribution < 1.29 is 9.59 Å². The van der Waals surface area contributed by atoms with Gasteiger partial charge in [0.2, 0.25) is 0 Å². The number of nitrogens with zero attached hydrogens (tertiary/aromatic N) is 2. The van der Waals surface area contributed by atoms with Gasteiger partial charge in [0, 0.05) is 25.7 Å². The molecule has 1 heterocycles. The molecule has 0 aromatic rings. The van der Waals surface area contributed by atoms with Gasteiger partial charge < -0.3 is 4.90 Å². The predicted molar refractivity (Wildman–Crippen MR) is 86.0 cm³/mol. The lowest BCUT2D eigenvalue weighted by atomic mass is 9.74. The molecule has 1 rings (SSSR count). The Bertz CT molecular complexity index is 464. The van der Waals surface area contributed by atoms with Crippen LogP contribution in [-0.2, 0) is 4.79 Å². The third kappa shape index (κ3) is 3.66. The molecule has 0 aromatic carbocycles. The predicted octanol–water partition coefficient (Wildman–Crippen LogP) is 3.68. The monoisotopic (exact) mass is 294 g/mol. The molecular formula is C17H30N2O2. The largest absolute Gasteiger partial charge is 0.326 e. The Hall–Kier alpha value is -1.32. The number of carbonyl (C=O) groups excluding carboxylic acids is 2. The van der Waals surface area contributed by atoms with Crippen LogP contribution in [0.5, 0.6) is 0 Å². The fraction of sp³-hybridized carbons (Fsp3) is 0.765. The highest BCUT2D eigenvalue weighted by molar-refractivity contribution is 6.06. The third-order valence-electron chi connectivity index (χ3n) is 3.82. The number of rotatable bonds is 2. The molecule has 120 valence electrons. The van der Waals surface area contributed by atoms with E-state index in [1.54, 1.807) is 11.9 Å². The summed E-state index contributed by atoms with van der Waals surface area (Å²) in [6.45, 7) is 15.4. The molecule has 0 bridgehead atoms. The summed E-state index contributed by atoms with van der Waals surface area (Å²) < 4.78 is 0. The zero-order valence-corrected chi connectivity index (χ0v) is 14.8. The van der Waals surface area contributed by atoms with E-state index >= 15 is 0 Å². The molecule has 0 spiro atoms. The second-order valence-corrected chi connectivity index (χ2v) is 7.95. The summed E-state index contributed by atoms with van der Waals surface area (Å²) >= 11 is 0. The normalized spacial score (nSPS) is 18.5. The highest BCUT2D eigenvalue weighted by Crippen LogP contribution is 2.39. The van der Waals surface area contributed by atoms with Gasteiger partial charge >= 0.3 is 6.03 Å². The van der Waals surface area contributed by atoms with Gasteiger partial charge in [-0.3, -0.25) is 9.69 Å². The molecule has 3 amide bonds. The second-order valence-electron chi connectivity index (χ2n) is 7.95. The molecule has 0 fully saturated rings. The van der Waals surface area contributed by atoms with Crippen LogP contribution in [0.2, 0.25) is 0 Å². The average Bonchev–Trinajstić information content (AvgIpc) is 2.39.